The normalized spacial score (nSPS) is 13.3. The Balaban J connectivity index is 1.96. The number of ether oxygens (including phenoxy) is 1. The van der Waals surface area contributed by atoms with Gasteiger partial charge in [-0.2, -0.15) is 0 Å². The highest BCUT2D eigenvalue weighted by Crippen LogP contribution is 2.38. The number of aromatic nitrogens is 2. The summed E-state index contributed by atoms with van der Waals surface area (Å²) in [6.07, 6.45) is 3.41. The van der Waals surface area contributed by atoms with Gasteiger partial charge in [0.2, 0.25) is 0 Å². The largest absolute Gasteiger partial charge is 0.457 e. The van der Waals surface area contributed by atoms with Gasteiger partial charge in [0.15, 0.2) is 0 Å². The van der Waals surface area contributed by atoms with E-state index in [1.165, 1.54) is 4.57 Å². The zero-order valence-corrected chi connectivity index (χ0v) is 18.0. The molecule has 4 aromatic rings. The molecule has 31 heavy (non-hydrogen) atoms. The van der Waals surface area contributed by atoms with Gasteiger partial charge >= 0.3 is 0 Å². The Labute approximate surface area is 179 Å². The van der Waals surface area contributed by atoms with Crippen LogP contribution >= 0.6 is 0 Å². The number of H-pyrrole nitrogens is 1. The Kier molecular flexibility index (Phi) is 5.43. The average molecular weight is 438 g/mol. The van der Waals surface area contributed by atoms with Gasteiger partial charge in [-0.15, -0.1) is 0 Å². The van der Waals surface area contributed by atoms with Crippen LogP contribution in [-0.4, -0.2) is 24.6 Å². The third kappa shape index (κ3) is 3.87. The van der Waals surface area contributed by atoms with Gasteiger partial charge in [-0.25, -0.2) is 8.99 Å². The van der Waals surface area contributed by atoms with Gasteiger partial charge in [-0.3, -0.25) is 4.79 Å². The molecule has 0 bridgehead atoms. The molecular formula is C23H23N3O4S. The maximum Gasteiger partial charge on any atom is 0.274 e. The van der Waals surface area contributed by atoms with Gasteiger partial charge in [-0.1, -0.05) is 19.1 Å². The third-order valence-electron chi connectivity index (χ3n) is 5.23. The maximum atomic E-state index is 12.8. The quantitative estimate of drug-likeness (QED) is 0.419. The molecule has 0 aliphatic carbocycles. The number of fused-ring (bicyclic) bond motifs is 1. The first-order valence-electron chi connectivity index (χ1n) is 9.79. The molecule has 2 aromatic carbocycles. The number of hydrogen-bond acceptors (Lipinski definition) is 5. The Morgan fingerprint density at radius 3 is 2.71 bits per heavy atom. The lowest BCUT2D eigenvalue weighted by molar-refractivity contribution is 0.281. The van der Waals surface area contributed by atoms with Crippen LogP contribution in [0, 0.1) is 4.78 Å². The zero-order chi connectivity index (χ0) is 22.2. The summed E-state index contributed by atoms with van der Waals surface area (Å²) in [5.74, 6) is 1.22. The Morgan fingerprint density at radius 1 is 1.16 bits per heavy atom. The number of benzene rings is 2. The van der Waals surface area contributed by atoms with Crippen molar-refractivity contribution in [1.29, 1.82) is 4.78 Å². The minimum atomic E-state index is -2.95. The number of nitrogens with one attached hydrogen (secondary N) is 2. The summed E-state index contributed by atoms with van der Waals surface area (Å²) in [5.41, 5.74) is 2.36. The Bertz CT molecular complexity index is 1430. The van der Waals surface area contributed by atoms with Crippen LogP contribution in [-0.2, 0) is 23.4 Å². The Morgan fingerprint density at radius 2 is 1.97 bits per heavy atom. The van der Waals surface area contributed by atoms with Crippen LogP contribution in [0.4, 0.5) is 0 Å². The van der Waals surface area contributed by atoms with E-state index < -0.39 is 9.73 Å². The summed E-state index contributed by atoms with van der Waals surface area (Å²) in [5, 5.41) is 10.1. The van der Waals surface area contributed by atoms with E-state index in [-0.39, 0.29) is 17.9 Å². The van der Waals surface area contributed by atoms with E-state index in [4.69, 9.17) is 9.52 Å². The van der Waals surface area contributed by atoms with Gasteiger partial charge in [0.05, 0.1) is 16.3 Å². The topological polar surface area (TPSA) is 108 Å². The first-order chi connectivity index (χ1) is 14.8. The zero-order valence-electron chi connectivity index (χ0n) is 17.2. The molecular weight excluding hydrogens is 414 g/mol. The third-order valence-corrected chi connectivity index (χ3v) is 7.06. The monoisotopic (exact) mass is 437 g/mol. The standard InChI is InChI=1S/C23H23N3O4S/c1-3-31(24,29)17-7-8-21(30-16-6-4-5-15(11-16)14-27)19(12-17)20-13-26(2)23(28)22-18(20)9-10-25-22/h4-13,24-25,27H,3,14H2,1-2H3. The van der Waals surface area contributed by atoms with Crippen molar-refractivity contribution in [2.24, 2.45) is 7.05 Å². The van der Waals surface area contributed by atoms with Crippen LogP contribution in [0.2, 0.25) is 0 Å². The van der Waals surface area contributed by atoms with Crippen molar-refractivity contribution in [2.45, 2.75) is 18.4 Å². The molecule has 2 aromatic heterocycles. The molecule has 160 valence electrons. The van der Waals surface area contributed by atoms with E-state index in [0.717, 1.165) is 5.56 Å². The molecule has 3 N–H and O–H groups in total. The fourth-order valence-electron chi connectivity index (χ4n) is 3.50. The van der Waals surface area contributed by atoms with Crippen molar-refractivity contribution in [3.8, 4) is 22.6 Å². The van der Waals surface area contributed by atoms with Gasteiger partial charge < -0.3 is 19.4 Å². The molecule has 0 amide bonds. The molecule has 0 spiro atoms. The molecule has 2 heterocycles. The van der Waals surface area contributed by atoms with Crippen molar-refractivity contribution in [1.82, 2.24) is 9.55 Å². The van der Waals surface area contributed by atoms with Crippen LogP contribution in [0.15, 0.2) is 70.6 Å². The number of aromatic amines is 1. The SMILES string of the molecule is CCS(=N)(=O)c1ccc(Oc2cccc(CO)c2)c(-c2cn(C)c(=O)c3[nH]ccc23)c1. The molecule has 4 rings (SSSR count). The molecule has 7 nitrogen and oxygen atoms in total. The van der Waals surface area contributed by atoms with E-state index in [0.29, 0.717) is 38.4 Å². The molecule has 8 heteroatoms. The van der Waals surface area contributed by atoms with E-state index in [2.05, 4.69) is 4.98 Å². The molecule has 0 fully saturated rings. The second kappa shape index (κ2) is 8.05. The minimum absolute atomic E-state index is 0.106. The minimum Gasteiger partial charge on any atom is -0.457 e. The summed E-state index contributed by atoms with van der Waals surface area (Å²) in [6.45, 7) is 1.61. The fraction of sp³-hybridized carbons (Fsp3) is 0.174. The number of pyridine rings is 1. The van der Waals surface area contributed by atoms with Crippen LogP contribution in [0.25, 0.3) is 22.0 Å². The van der Waals surface area contributed by atoms with Crippen molar-refractivity contribution in [3.05, 3.63) is 76.8 Å². The van der Waals surface area contributed by atoms with E-state index in [1.54, 1.807) is 68.8 Å². The van der Waals surface area contributed by atoms with Crippen LogP contribution < -0.4 is 10.3 Å². The molecule has 0 saturated carbocycles. The maximum absolute atomic E-state index is 12.8. The van der Waals surface area contributed by atoms with E-state index >= 15 is 0 Å². The number of aliphatic hydroxyl groups is 1. The number of aliphatic hydroxyl groups excluding tert-OH is 1. The number of hydrogen-bond donors (Lipinski definition) is 3. The molecule has 0 radical (unpaired) electrons. The second-order valence-electron chi connectivity index (χ2n) is 7.25. The van der Waals surface area contributed by atoms with E-state index in [9.17, 15) is 14.1 Å². The van der Waals surface area contributed by atoms with Gasteiger partial charge in [0.1, 0.15) is 17.0 Å². The lowest BCUT2D eigenvalue weighted by atomic mass is 10.0. The first-order valence-corrected chi connectivity index (χ1v) is 11.5. The summed E-state index contributed by atoms with van der Waals surface area (Å²) in [7, 11) is -1.28. The first kappa shape index (κ1) is 20.9. The Hall–Kier alpha value is -3.36. The summed E-state index contributed by atoms with van der Waals surface area (Å²) in [4.78, 5) is 15.9. The smallest absolute Gasteiger partial charge is 0.274 e. The van der Waals surface area contributed by atoms with Crippen molar-refractivity contribution < 1.29 is 14.1 Å². The van der Waals surface area contributed by atoms with Crippen molar-refractivity contribution >= 4 is 20.6 Å². The summed E-state index contributed by atoms with van der Waals surface area (Å²) in [6, 6.07) is 14.0. The molecule has 1 unspecified atom stereocenters. The highest BCUT2D eigenvalue weighted by Gasteiger charge is 2.18. The molecule has 1 atom stereocenters. The molecule has 0 saturated heterocycles. The molecule has 0 aliphatic rings. The highest BCUT2D eigenvalue weighted by molar-refractivity contribution is 7.92. The summed E-state index contributed by atoms with van der Waals surface area (Å²) >= 11 is 0. The lowest BCUT2D eigenvalue weighted by Crippen LogP contribution is -2.16. The predicted octanol–water partition coefficient (Wildman–Crippen LogP) is 4.24. The van der Waals surface area contributed by atoms with Crippen molar-refractivity contribution in [3.63, 3.8) is 0 Å². The van der Waals surface area contributed by atoms with Gasteiger partial charge in [-0.05, 0) is 42.0 Å². The summed E-state index contributed by atoms with van der Waals surface area (Å²) < 4.78 is 28.6. The van der Waals surface area contributed by atoms with E-state index in [1.807, 2.05) is 6.07 Å². The average Bonchev–Trinajstić information content (AvgIpc) is 3.27. The van der Waals surface area contributed by atoms with Gasteiger partial charge in [0, 0.05) is 46.6 Å². The number of nitrogens with zero attached hydrogens (tertiary/aromatic N) is 1. The van der Waals surface area contributed by atoms with Gasteiger partial charge in [0.25, 0.3) is 5.56 Å². The highest BCUT2D eigenvalue weighted by atomic mass is 32.2. The van der Waals surface area contributed by atoms with Crippen LogP contribution in [0.1, 0.15) is 12.5 Å². The fourth-order valence-corrected chi connectivity index (χ4v) is 4.43. The number of rotatable bonds is 6. The molecule has 0 aliphatic heterocycles. The van der Waals surface area contributed by atoms with Crippen LogP contribution in [0.5, 0.6) is 11.5 Å². The lowest BCUT2D eigenvalue weighted by Gasteiger charge is -2.16. The van der Waals surface area contributed by atoms with Crippen LogP contribution in [0.3, 0.4) is 0 Å². The predicted molar refractivity (Wildman–Crippen MR) is 121 cm³/mol. The second-order valence-corrected chi connectivity index (χ2v) is 9.65. The van der Waals surface area contributed by atoms with Crippen molar-refractivity contribution in [2.75, 3.05) is 5.75 Å². The number of aryl methyl sites for hydroxylation is 1.